The van der Waals surface area contributed by atoms with Crippen molar-refractivity contribution in [2.45, 2.75) is 38.2 Å². The fourth-order valence-electron chi connectivity index (χ4n) is 2.82. The number of nitrogens with one attached hydrogen (secondary N) is 1. The maximum atomic E-state index is 11.5. The minimum atomic E-state index is -0.680. The number of esters is 1. The Morgan fingerprint density at radius 3 is 3.15 bits per heavy atom. The van der Waals surface area contributed by atoms with Crippen LogP contribution in [0.5, 0.6) is 0 Å². The first-order valence-electron chi connectivity index (χ1n) is 7.03. The molecule has 1 aromatic rings. The highest BCUT2D eigenvalue weighted by molar-refractivity contribution is 5.89. The number of hydrogen-bond donors (Lipinski definition) is 2. The molecule has 20 heavy (non-hydrogen) atoms. The molecule has 2 N–H and O–H groups in total. The smallest absolute Gasteiger partial charge is 0.338 e. The van der Waals surface area contributed by atoms with Gasteiger partial charge in [0.05, 0.1) is 18.3 Å². The molecule has 0 spiro atoms. The van der Waals surface area contributed by atoms with Crippen molar-refractivity contribution in [1.82, 2.24) is 4.98 Å². The highest BCUT2D eigenvalue weighted by Crippen LogP contribution is 2.32. The second-order valence-electron chi connectivity index (χ2n) is 5.70. The van der Waals surface area contributed by atoms with Crippen LogP contribution in [0.3, 0.4) is 0 Å². The Morgan fingerprint density at radius 1 is 1.65 bits per heavy atom. The van der Waals surface area contributed by atoms with E-state index in [1.165, 1.54) is 13.5 Å². The molecule has 0 radical (unpaired) electrons. The Morgan fingerprint density at radius 2 is 2.45 bits per heavy atom. The van der Waals surface area contributed by atoms with Crippen molar-refractivity contribution >= 4 is 11.8 Å². The van der Waals surface area contributed by atoms with Gasteiger partial charge in [-0.3, -0.25) is 0 Å². The van der Waals surface area contributed by atoms with Crippen LogP contribution in [0.4, 0.5) is 5.82 Å². The number of hydrogen-bond acceptors (Lipinski definition) is 5. The van der Waals surface area contributed by atoms with Gasteiger partial charge in [-0.1, -0.05) is 19.8 Å². The fraction of sp³-hybridized carbons (Fsp3) is 0.600. The molecular formula is C15H22N2O3. The van der Waals surface area contributed by atoms with Gasteiger partial charge in [0.15, 0.2) is 0 Å². The number of aromatic nitrogens is 1. The Balaban J connectivity index is 1.98. The average Bonchev–Trinajstić information content (AvgIpc) is 2.44. The van der Waals surface area contributed by atoms with Crippen LogP contribution in [0.25, 0.3) is 0 Å². The molecule has 1 fully saturated rings. The van der Waals surface area contributed by atoms with Crippen LogP contribution in [-0.2, 0) is 4.74 Å². The molecule has 0 amide bonds. The van der Waals surface area contributed by atoms with Gasteiger partial charge in [0.1, 0.15) is 5.82 Å². The number of carbonyl (C=O) groups is 1. The Bertz CT molecular complexity index is 478. The maximum absolute atomic E-state index is 11.5. The zero-order valence-corrected chi connectivity index (χ0v) is 12.1. The molecule has 0 aromatic carbocycles. The van der Waals surface area contributed by atoms with Crippen LogP contribution < -0.4 is 5.32 Å². The van der Waals surface area contributed by atoms with Gasteiger partial charge in [-0.15, -0.1) is 0 Å². The third-order valence-electron chi connectivity index (χ3n) is 3.85. The summed E-state index contributed by atoms with van der Waals surface area (Å²) in [5, 5.41) is 13.7. The van der Waals surface area contributed by atoms with E-state index in [1.807, 2.05) is 0 Å². The van der Waals surface area contributed by atoms with Crippen LogP contribution in [-0.4, -0.2) is 35.3 Å². The fourth-order valence-corrected chi connectivity index (χ4v) is 2.82. The van der Waals surface area contributed by atoms with Gasteiger partial charge in [0, 0.05) is 12.7 Å². The molecule has 5 heteroatoms. The second kappa shape index (κ2) is 6.22. The van der Waals surface area contributed by atoms with Crippen molar-refractivity contribution in [3.63, 3.8) is 0 Å². The third kappa shape index (κ3) is 3.70. The van der Waals surface area contributed by atoms with E-state index in [0.717, 1.165) is 19.3 Å². The zero-order valence-electron chi connectivity index (χ0n) is 12.1. The number of rotatable bonds is 4. The number of carbonyl (C=O) groups excluding carboxylic acids is 1. The largest absolute Gasteiger partial charge is 0.465 e. The molecule has 110 valence electrons. The van der Waals surface area contributed by atoms with E-state index in [2.05, 4.69) is 22.0 Å². The van der Waals surface area contributed by atoms with Gasteiger partial charge >= 0.3 is 5.97 Å². The summed E-state index contributed by atoms with van der Waals surface area (Å²) >= 11 is 0. The van der Waals surface area contributed by atoms with Gasteiger partial charge in [0.2, 0.25) is 0 Å². The molecule has 1 aliphatic rings. The Labute approximate surface area is 119 Å². The normalized spacial score (nSPS) is 26.1. The summed E-state index contributed by atoms with van der Waals surface area (Å²) < 4.78 is 4.68. The van der Waals surface area contributed by atoms with E-state index in [1.54, 1.807) is 18.3 Å². The molecule has 5 nitrogen and oxygen atoms in total. The van der Waals surface area contributed by atoms with E-state index in [0.29, 0.717) is 23.8 Å². The monoisotopic (exact) mass is 278 g/mol. The van der Waals surface area contributed by atoms with Crippen molar-refractivity contribution in [3.05, 3.63) is 23.9 Å². The molecule has 2 unspecified atom stereocenters. The summed E-state index contributed by atoms with van der Waals surface area (Å²) in [5.41, 5.74) is -0.227. The molecule has 2 atom stereocenters. The number of pyridine rings is 1. The minimum absolute atomic E-state index is 0.388. The predicted molar refractivity (Wildman–Crippen MR) is 76.6 cm³/mol. The van der Waals surface area contributed by atoms with E-state index in [9.17, 15) is 9.90 Å². The molecule has 1 aliphatic carbocycles. The van der Waals surface area contributed by atoms with Gasteiger partial charge in [-0.25, -0.2) is 9.78 Å². The Kier molecular flexibility index (Phi) is 4.60. The summed E-state index contributed by atoms with van der Waals surface area (Å²) in [4.78, 5) is 15.6. The molecule has 2 rings (SSSR count). The number of methoxy groups -OCH3 is 1. The highest BCUT2D eigenvalue weighted by atomic mass is 16.5. The lowest BCUT2D eigenvalue weighted by atomic mass is 9.79. The average molecular weight is 278 g/mol. The van der Waals surface area contributed by atoms with E-state index in [-0.39, 0.29) is 5.97 Å². The van der Waals surface area contributed by atoms with E-state index < -0.39 is 5.60 Å². The first-order valence-corrected chi connectivity index (χ1v) is 7.03. The van der Waals surface area contributed by atoms with Gasteiger partial charge in [0.25, 0.3) is 0 Å². The standard InChI is InChI=1S/C15H22N2O3/c1-11-4-3-6-15(19,9-11)10-17-13-8-12(5-7-16-13)14(18)20-2/h5,7-8,11,19H,3-4,6,9-10H2,1-2H3,(H,16,17). The summed E-state index contributed by atoms with van der Waals surface area (Å²) in [6, 6.07) is 3.25. The molecule has 0 aliphatic heterocycles. The van der Waals surface area contributed by atoms with Crippen LogP contribution in [0.15, 0.2) is 18.3 Å². The zero-order chi connectivity index (χ0) is 14.6. The number of aliphatic hydroxyl groups is 1. The SMILES string of the molecule is COC(=O)c1ccnc(NCC2(O)CCCC(C)C2)c1. The van der Waals surface area contributed by atoms with Gasteiger partial charge in [-0.05, 0) is 30.9 Å². The molecule has 0 bridgehead atoms. The molecule has 1 saturated carbocycles. The summed E-state index contributed by atoms with van der Waals surface area (Å²) in [6.45, 7) is 2.62. The summed E-state index contributed by atoms with van der Waals surface area (Å²) in [6.07, 6.45) is 5.40. The number of anilines is 1. The maximum Gasteiger partial charge on any atom is 0.338 e. The van der Waals surface area contributed by atoms with Crippen LogP contribution in [0.2, 0.25) is 0 Å². The Hall–Kier alpha value is -1.62. The van der Waals surface area contributed by atoms with Crippen molar-refractivity contribution in [3.8, 4) is 0 Å². The summed E-state index contributed by atoms with van der Waals surface area (Å²) in [5.74, 6) is 0.741. The lowest BCUT2D eigenvalue weighted by Crippen LogP contribution is -2.41. The van der Waals surface area contributed by atoms with Crippen LogP contribution in [0.1, 0.15) is 43.0 Å². The van der Waals surface area contributed by atoms with E-state index >= 15 is 0 Å². The number of ether oxygens (including phenoxy) is 1. The van der Waals surface area contributed by atoms with Gasteiger partial charge < -0.3 is 15.2 Å². The molecular weight excluding hydrogens is 256 g/mol. The first-order chi connectivity index (χ1) is 9.52. The van der Waals surface area contributed by atoms with E-state index in [4.69, 9.17) is 0 Å². The third-order valence-corrected chi connectivity index (χ3v) is 3.85. The highest BCUT2D eigenvalue weighted by Gasteiger charge is 2.32. The van der Waals surface area contributed by atoms with Crippen LogP contribution in [0, 0.1) is 5.92 Å². The molecule has 0 saturated heterocycles. The summed E-state index contributed by atoms with van der Waals surface area (Å²) in [7, 11) is 1.35. The number of nitrogens with zero attached hydrogens (tertiary/aromatic N) is 1. The van der Waals surface area contributed by atoms with Crippen molar-refractivity contribution in [1.29, 1.82) is 0 Å². The quantitative estimate of drug-likeness (QED) is 0.826. The molecule has 1 aromatic heterocycles. The minimum Gasteiger partial charge on any atom is -0.465 e. The van der Waals surface area contributed by atoms with Crippen molar-refractivity contribution in [2.75, 3.05) is 19.0 Å². The predicted octanol–water partition coefficient (Wildman–Crippen LogP) is 2.22. The van der Waals surface area contributed by atoms with Gasteiger partial charge in [-0.2, -0.15) is 0 Å². The lowest BCUT2D eigenvalue weighted by molar-refractivity contribution is -0.000827. The lowest BCUT2D eigenvalue weighted by Gasteiger charge is -2.35. The topological polar surface area (TPSA) is 71.5 Å². The van der Waals surface area contributed by atoms with Crippen molar-refractivity contribution in [2.24, 2.45) is 5.92 Å². The van der Waals surface area contributed by atoms with Crippen LogP contribution >= 0.6 is 0 Å². The molecule has 1 heterocycles. The first kappa shape index (κ1) is 14.8. The van der Waals surface area contributed by atoms with Crippen molar-refractivity contribution < 1.29 is 14.6 Å². The second-order valence-corrected chi connectivity index (χ2v) is 5.70.